The van der Waals surface area contributed by atoms with Crippen LogP contribution in [0.4, 0.5) is 0 Å². The smallest absolute Gasteiger partial charge is 0.224 e. The van der Waals surface area contributed by atoms with Gasteiger partial charge in [-0.25, -0.2) is 4.68 Å². The summed E-state index contributed by atoms with van der Waals surface area (Å²) in [5, 5.41) is 14.1. The van der Waals surface area contributed by atoms with Crippen molar-refractivity contribution in [3.05, 3.63) is 71.5 Å². The number of hydrogen-bond donors (Lipinski definition) is 1. The van der Waals surface area contributed by atoms with Gasteiger partial charge in [-0.2, -0.15) is 0 Å². The predicted molar refractivity (Wildman–Crippen MR) is 100 cm³/mol. The first-order valence-electron chi connectivity index (χ1n) is 8.61. The van der Waals surface area contributed by atoms with Gasteiger partial charge in [0, 0.05) is 12.0 Å². The molecule has 3 aromatic rings. The first-order chi connectivity index (χ1) is 12.5. The average molecular weight is 349 g/mol. The van der Waals surface area contributed by atoms with E-state index >= 15 is 0 Å². The zero-order valence-electron chi connectivity index (χ0n) is 15.3. The van der Waals surface area contributed by atoms with E-state index in [9.17, 15) is 4.79 Å². The molecule has 1 N–H and O–H groups in total. The van der Waals surface area contributed by atoms with E-state index in [1.54, 1.807) is 4.68 Å². The number of carbonyl (C=O) groups is 1. The summed E-state index contributed by atoms with van der Waals surface area (Å²) in [5.74, 6) is 0.0156. The zero-order chi connectivity index (χ0) is 18.6. The summed E-state index contributed by atoms with van der Waals surface area (Å²) in [4.78, 5) is 12.3. The van der Waals surface area contributed by atoms with Crippen LogP contribution in [0.1, 0.15) is 30.5 Å². The maximum Gasteiger partial charge on any atom is 0.224 e. The minimum Gasteiger partial charge on any atom is -0.355 e. The average Bonchev–Trinajstić information content (AvgIpc) is 3.16. The summed E-state index contributed by atoms with van der Waals surface area (Å²) in [6, 6.07) is 15.9. The molecule has 0 saturated carbocycles. The number of amides is 1. The lowest BCUT2D eigenvalue weighted by atomic mass is 9.82. The predicted octanol–water partition coefficient (Wildman–Crippen LogP) is 2.61. The number of tetrazole rings is 1. The van der Waals surface area contributed by atoms with Crippen LogP contribution in [-0.2, 0) is 16.6 Å². The Morgan fingerprint density at radius 3 is 2.50 bits per heavy atom. The largest absolute Gasteiger partial charge is 0.355 e. The van der Waals surface area contributed by atoms with Crippen LogP contribution >= 0.6 is 0 Å². The lowest BCUT2D eigenvalue weighted by Gasteiger charge is -2.27. The van der Waals surface area contributed by atoms with Gasteiger partial charge in [0.2, 0.25) is 5.91 Å². The monoisotopic (exact) mass is 349 g/mol. The molecule has 26 heavy (non-hydrogen) atoms. The number of aryl methyl sites for hydroxylation is 1. The summed E-state index contributed by atoms with van der Waals surface area (Å²) < 4.78 is 1.58. The third kappa shape index (κ3) is 4.14. The highest BCUT2D eigenvalue weighted by Gasteiger charge is 2.22. The van der Waals surface area contributed by atoms with Crippen LogP contribution in [0.5, 0.6) is 0 Å². The Balaban J connectivity index is 1.58. The molecule has 6 heteroatoms. The Morgan fingerprint density at radius 2 is 1.85 bits per heavy atom. The van der Waals surface area contributed by atoms with Crippen molar-refractivity contribution in [2.45, 2.75) is 32.6 Å². The van der Waals surface area contributed by atoms with Gasteiger partial charge in [0.1, 0.15) is 6.33 Å². The van der Waals surface area contributed by atoms with E-state index in [-0.39, 0.29) is 11.3 Å². The number of nitrogens with zero attached hydrogens (tertiary/aromatic N) is 4. The van der Waals surface area contributed by atoms with Crippen LogP contribution in [0, 0.1) is 6.92 Å². The van der Waals surface area contributed by atoms with Crippen molar-refractivity contribution in [3.63, 3.8) is 0 Å². The lowest BCUT2D eigenvalue weighted by molar-refractivity contribution is -0.120. The summed E-state index contributed by atoms with van der Waals surface area (Å²) in [7, 11) is 0. The first-order valence-corrected chi connectivity index (χ1v) is 8.61. The van der Waals surface area contributed by atoms with Gasteiger partial charge in [-0.05, 0) is 46.2 Å². The van der Waals surface area contributed by atoms with Gasteiger partial charge in [0.15, 0.2) is 0 Å². The van der Waals surface area contributed by atoms with Gasteiger partial charge in [-0.1, -0.05) is 50.2 Å². The molecule has 2 aromatic carbocycles. The Hall–Kier alpha value is -3.02. The van der Waals surface area contributed by atoms with Crippen LogP contribution < -0.4 is 5.32 Å². The van der Waals surface area contributed by atoms with Crippen molar-refractivity contribution in [1.82, 2.24) is 25.5 Å². The second-order valence-corrected chi connectivity index (χ2v) is 7.07. The Bertz CT molecular complexity index is 869. The first kappa shape index (κ1) is 17.8. The summed E-state index contributed by atoms with van der Waals surface area (Å²) in [6.45, 7) is 7.00. The highest BCUT2D eigenvalue weighted by molar-refractivity contribution is 5.78. The Labute approximate surface area is 153 Å². The fraction of sp³-hybridized carbons (Fsp3) is 0.300. The number of nitrogens with one attached hydrogen (secondary N) is 1. The van der Waals surface area contributed by atoms with Crippen LogP contribution in [-0.4, -0.2) is 32.7 Å². The van der Waals surface area contributed by atoms with Crippen molar-refractivity contribution in [2.75, 3.05) is 6.54 Å². The van der Waals surface area contributed by atoms with E-state index in [2.05, 4.69) is 53.7 Å². The van der Waals surface area contributed by atoms with Gasteiger partial charge in [-0.3, -0.25) is 4.79 Å². The van der Waals surface area contributed by atoms with Gasteiger partial charge < -0.3 is 5.32 Å². The quantitative estimate of drug-likeness (QED) is 0.742. The van der Waals surface area contributed by atoms with E-state index in [1.807, 2.05) is 36.4 Å². The topological polar surface area (TPSA) is 72.7 Å². The van der Waals surface area contributed by atoms with E-state index in [0.717, 1.165) is 11.3 Å². The lowest BCUT2D eigenvalue weighted by Crippen LogP contribution is -2.37. The standard InChI is InChI=1S/C20H23N5O/c1-15-6-4-5-7-18(15)20(2,3)13-21-19(26)12-16-8-10-17(11-9-16)25-14-22-23-24-25/h4-11,14H,12-13H2,1-3H3,(H,21,26). The van der Waals surface area contributed by atoms with E-state index in [0.29, 0.717) is 13.0 Å². The molecule has 0 aliphatic rings. The highest BCUT2D eigenvalue weighted by atomic mass is 16.1. The maximum absolute atomic E-state index is 12.3. The van der Waals surface area contributed by atoms with Crippen molar-refractivity contribution in [2.24, 2.45) is 0 Å². The summed E-state index contributed by atoms with van der Waals surface area (Å²) in [6.07, 6.45) is 1.88. The molecule has 0 aliphatic heterocycles. The van der Waals surface area contributed by atoms with Gasteiger partial charge in [0.25, 0.3) is 0 Å². The molecule has 0 fully saturated rings. The fourth-order valence-electron chi connectivity index (χ4n) is 3.04. The summed E-state index contributed by atoms with van der Waals surface area (Å²) in [5.41, 5.74) is 4.19. The normalized spacial score (nSPS) is 11.3. The number of hydrogen-bond acceptors (Lipinski definition) is 4. The van der Waals surface area contributed by atoms with Crippen LogP contribution in [0.2, 0.25) is 0 Å². The van der Waals surface area contributed by atoms with Gasteiger partial charge >= 0.3 is 0 Å². The highest BCUT2D eigenvalue weighted by Crippen LogP contribution is 2.25. The maximum atomic E-state index is 12.3. The number of benzene rings is 2. The molecule has 0 atom stereocenters. The summed E-state index contributed by atoms with van der Waals surface area (Å²) >= 11 is 0. The molecule has 134 valence electrons. The molecule has 1 amide bonds. The second-order valence-electron chi connectivity index (χ2n) is 7.07. The molecule has 3 rings (SSSR count). The molecule has 0 saturated heterocycles. The molecular formula is C20H23N5O. The number of carbonyl (C=O) groups excluding carboxylic acids is 1. The molecule has 1 heterocycles. The van der Waals surface area contributed by atoms with E-state index < -0.39 is 0 Å². The molecule has 1 aromatic heterocycles. The molecule has 6 nitrogen and oxygen atoms in total. The Morgan fingerprint density at radius 1 is 1.12 bits per heavy atom. The van der Waals surface area contributed by atoms with Gasteiger partial charge in [-0.15, -0.1) is 5.10 Å². The molecule has 0 bridgehead atoms. The van der Waals surface area contributed by atoms with Crippen LogP contribution in [0.3, 0.4) is 0 Å². The zero-order valence-corrected chi connectivity index (χ0v) is 15.3. The van der Waals surface area contributed by atoms with E-state index in [1.165, 1.54) is 17.5 Å². The molecule has 0 aliphatic carbocycles. The minimum absolute atomic E-state index is 0.0156. The molecule has 0 spiro atoms. The van der Waals surface area contributed by atoms with Crippen molar-refractivity contribution >= 4 is 5.91 Å². The number of rotatable bonds is 6. The molecular weight excluding hydrogens is 326 g/mol. The third-order valence-corrected chi connectivity index (χ3v) is 4.52. The third-order valence-electron chi connectivity index (χ3n) is 4.52. The van der Waals surface area contributed by atoms with Crippen molar-refractivity contribution in [3.8, 4) is 5.69 Å². The van der Waals surface area contributed by atoms with Gasteiger partial charge in [0.05, 0.1) is 12.1 Å². The van der Waals surface area contributed by atoms with E-state index in [4.69, 9.17) is 0 Å². The Kier molecular flexibility index (Phi) is 5.11. The SMILES string of the molecule is Cc1ccccc1C(C)(C)CNC(=O)Cc1ccc(-n2cnnn2)cc1. The van der Waals surface area contributed by atoms with Crippen LogP contribution in [0.25, 0.3) is 5.69 Å². The fourth-order valence-corrected chi connectivity index (χ4v) is 3.04. The van der Waals surface area contributed by atoms with Crippen molar-refractivity contribution < 1.29 is 4.79 Å². The number of aromatic nitrogens is 4. The second kappa shape index (κ2) is 7.47. The molecule has 0 unspecified atom stereocenters. The van der Waals surface area contributed by atoms with Crippen LogP contribution in [0.15, 0.2) is 54.9 Å². The van der Waals surface area contributed by atoms with Crippen molar-refractivity contribution in [1.29, 1.82) is 0 Å². The minimum atomic E-state index is -0.120. The molecule has 0 radical (unpaired) electrons.